The number of hydrogen-bond acceptors (Lipinski definition) is 7. The third-order valence-corrected chi connectivity index (χ3v) is 10.1. The molecule has 0 radical (unpaired) electrons. The second-order valence-corrected chi connectivity index (χ2v) is 14.5. The number of guanidine groups is 1. The summed E-state index contributed by atoms with van der Waals surface area (Å²) >= 11 is 0. The fourth-order valence-corrected chi connectivity index (χ4v) is 7.36. The number of para-hydroxylation sites is 1. The molecule has 292 valence electrons. The van der Waals surface area contributed by atoms with E-state index in [1.807, 2.05) is 36.4 Å². The van der Waals surface area contributed by atoms with Gasteiger partial charge in [0.1, 0.15) is 23.7 Å². The standard InChI is InChI=1S/C41H52N8O6/c1-2-3-13-35-46-32-24-28(16-19-34(32)49(35)29-10-5-4-6-11-29)45-36(51)25-41(20-7-8-21-41)26-37(52)47-31(12-9-22-44-40(42)43)38(53)48-33(39(54)55)23-27-14-17-30(50)18-15-27/h4-6,10-11,14-19,24,31,33,50H,2-3,7-9,12-13,20-23,25-26H2,1H3,(H,45,51)(H,47,52)(H,48,53)(H,54,55)(H4,42,43,44). The number of rotatable bonds is 19. The Morgan fingerprint density at radius 2 is 1.62 bits per heavy atom. The van der Waals surface area contributed by atoms with Crippen molar-refractivity contribution in [3.05, 3.63) is 84.2 Å². The van der Waals surface area contributed by atoms with E-state index in [-0.39, 0.29) is 49.8 Å². The number of carboxylic acid groups (broad SMARTS) is 1. The summed E-state index contributed by atoms with van der Waals surface area (Å²) in [6.07, 6.45) is 6.54. The fraction of sp³-hybridized carbons (Fsp3) is 0.415. The van der Waals surface area contributed by atoms with Gasteiger partial charge in [0.15, 0.2) is 5.96 Å². The summed E-state index contributed by atoms with van der Waals surface area (Å²) in [6.45, 7) is 2.36. The van der Waals surface area contributed by atoms with Crippen LogP contribution in [0.3, 0.4) is 0 Å². The highest BCUT2D eigenvalue weighted by Crippen LogP contribution is 2.44. The van der Waals surface area contributed by atoms with Crippen LogP contribution in [-0.2, 0) is 32.0 Å². The molecule has 0 spiro atoms. The lowest BCUT2D eigenvalue weighted by atomic mass is 9.78. The van der Waals surface area contributed by atoms with Gasteiger partial charge in [-0.2, -0.15) is 0 Å². The highest BCUT2D eigenvalue weighted by molar-refractivity contribution is 5.95. The number of anilines is 1. The van der Waals surface area contributed by atoms with E-state index in [2.05, 4.69) is 44.6 Å². The summed E-state index contributed by atoms with van der Waals surface area (Å²) in [6, 6.07) is 19.5. The molecule has 14 nitrogen and oxygen atoms in total. The number of nitrogens with zero attached hydrogens (tertiary/aromatic N) is 3. The number of aryl methyl sites for hydroxylation is 1. The molecule has 1 aromatic heterocycles. The van der Waals surface area contributed by atoms with Crippen molar-refractivity contribution in [2.75, 3.05) is 11.9 Å². The summed E-state index contributed by atoms with van der Waals surface area (Å²) in [4.78, 5) is 61.8. The second-order valence-electron chi connectivity index (χ2n) is 14.5. The van der Waals surface area contributed by atoms with Gasteiger partial charge >= 0.3 is 5.97 Å². The number of carbonyl (C=O) groups is 4. The fourth-order valence-electron chi connectivity index (χ4n) is 7.36. The monoisotopic (exact) mass is 752 g/mol. The van der Waals surface area contributed by atoms with Gasteiger partial charge in [0.25, 0.3) is 0 Å². The molecule has 1 aliphatic rings. The van der Waals surface area contributed by atoms with Crippen molar-refractivity contribution in [2.45, 2.75) is 96.1 Å². The number of aliphatic carboxylic acids is 1. The summed E-state index contributed by atoms with van der Waals surface area (Å²) < 4.78 is 2.16. The highest BCUT2D eigenvalue weighted by Gasteiger charge is 2.39. The number of aliphatic imine (C=N–C) groups is 1. The first kappa shape index (κ1) is 40.3. The Morgan fingerprint density at radius 1 is 0.909 bits per heavy atom. The number of nitrogens with two attached hydrogens (primary N) is 2. The minimum atomic E-state index is -1.28. The number of phenols is 1. The van der Waals surface area contributed by atoms with Crippen LogP contribution >= 0.6 is 0 Å². The third kappa shape index (κ3) is 11.3. The molecule has 5 rings (SSSR count). The number of aromatic nitrogens is 2. The molecule has 14 heteroatoms. The minimum Gasteiger partial charge on any atom is -0.508 e. The molecule has 3 amide bonds. The molecule has 4 aromatic rings. The maximum absolute atomic E-state index is 13.7. The van der Waals surface area contributed by atoms with Crippen LogP contribution in [0.4, 0.5) is 5.69 Å². The van der Waals surface area contributed by atoms with Crippen LogP contribution in [0.2, 0.25) is 0 Å². The number of benzene rings is 3. The number of aromatic hydroxyl groups is 1. The van der Waals surface area contributed by atoms with E-state index in [9.17, 15) is 29.4 Å². The van der Waals surface area contributed by atoms with Gasteiger partial charge in [0, 0.05) is 43.6 Å². The summed E-state index contributed by atoms with van der Waals surface area (Å²) in [5.74, 6) is -1.65. The van der Waals surface area contributed by atoms with Gasteiger partial charge in [-0.05, 0) is 85.5 Å². The molecule has 1 saturated carbocycles. The number of fused-ring (bicyclic) bond motifs is 1. The molecule has 3 aromatic carbocycles. The van der Waals surface area contributed by atoms with Crippen LogP contribution < -0.4 is 27.4 Å². The van der Waals surface area contributed by atoms with Gasteiger partial charge in [-0.3, -0.25) is 23.9 Å². The van der Waals surface area contributed by atoms with Gasteiger partial charge in [0.05, 0.1) is 11.0 Å². The number of nitrogens with one attached hydrogen (secondary N) is 3. The number of phenolic OH excluding ortho intramolecular Hbond substituents is 1. The topological polar surface area (TPSA) is 227 Å². The zero-order chi connectivity index (χ0) is 39.4. The average Bonchev–Trinajstić information content (AvgIpc) is 3.76. The lowest BCUT2D eigenvalue weighted by Crippen LogP contribution is -2.52. The van der Waals surface area contributed by atoms with Crippen LogP contribution in [0.25, 0.3) is 16.7 Å². The first-order chi connectivity index (χ1) is 26.4. The predicted octanol–water partition coefficient (Wildman–Crippen LogP) is 4.70. The SMILES string of the molecule is CCCCc1nc2cc(NC(=O)CC3(CC(=O)NC(CCCN=C(N)N)C(=O)NC(Cc4ccc(O)cc4)C(=O)O)CCCC3)ccc2n1-c1ccccc1. The molecule has 1 heterocycles. The van der Waals surface area contributed by atoms with E-state index < -0.39 is 35.3 Å². The molecule has 2 unspecified atom stereocenters. The second kappa shape index (κ2) is 18.9. The van der Waals surface area contributed by atoms with Gasteiger partial charge in [-0.25, -0.2) is 9.78 Å². The van der Waals surface area contributed by atoms with Crippen molar-refractivity contribution < 1.29 is 29.4 Å². The lowest BCUT2D eigenvalue weighted by Gasteiger charge is -2.29. The Labute approximate surface area is 320 Å². The van der Waals surface area contributed by atoms with E-state index in [4.69, 9.17) is 16.5 Å². The van der Waals surface area contributed by atoms with Crippen molar-refractivity contribution in [2.24, 2.45) is 21.9 Å². The maximum Gasteiger partial charge on any atom is 0.326 e. The number of carbonyl (C=O) groups excluding carboxylic acids is 3. The minimum absolute atomic E-state index is 0.0231. The molecule has 0 bridgehead atoms. The first-order valence-electron chi connectivity index (χ1n) is 19.0. The molecule has 1 fully saturated rings. The largest absolute Gasteiger partial charge is 0.508 e. The predicted molar refractivity (Wildman–Crippen MR) is 212 cm³/mol. The summed E-state index contributed by atoms with van der Waals surface area (Å²) in [7, 11) is 0. The Bertz CT molecular complexity index is 1970. The first-order valence-corrected chi connectivity index (χ1v) is 19.0. The maximum atomic E-state index is 13.7. The molecule has 55 heavy (non-hydrogen) atoms. The van der Waals surface area contributed by atoms with Crippen molar-refractivity contribution >= 4 is 46.4 Å². The number of hydrogen-bond donors (Lipinski definition) is 7. The third-order valence-electron chi connectivity index (χ3n) is 10.1. The summed E-state index contributed by atoms with van der Waals surface area (Å²) in [5, 5.41) is 27.9. The number of imidazole rings is 1. The van der Waals surface area contributed by atoms with Gasteiger partial charge in [-0.15, -0.1) is 0 Å². The highest BCUT2D eigenvalue weighted by atomic mass is 16.4. The van der Waals surface area contributed by atoms with E-state index in [0.717, 1.165) is 54.6 Å². The van der Waals surface area contributed by atoms with Crippen LogP contribution in [-0.4, -0.2) is 68.0 Å². The van der Waals surface area contributed by atoms with Gasteiger partial charge in [0.2, 0.25) is 17.7 Å². The van der Waals surface area contributed by atoms with E-state index in [0.29, 0.717) is 30.5 Å². The molecular weight excluding hydrogens is 701 g/mol. The quantitative estimate of drug-likeness (QED) is 0.0400. The number of amides is 3. The Hall–Kier alpha value is -5.92. The Balaban J connectivity index is 1.26. The smallest absolute Gasteiger partial charge is 0.326 e. The van der Waals surface area contributed by atoms with Crippen LogP contribution in [0.5, 0.6) is 5.75 Å². The normalized spacial score (nSPS) is 14.5. The van der Waals surface area contributed by atoms with Crippen molar-refractivity contribution in [3.8, 4) is 11.4 Å². The number of carboxylic acids is 1. The zero-order valence-electron chi connectivity index (χ0n) is 31.3. The van der Waals surface area contributed by atoms with Gasteiger partial charge in [-0.1, -0.05) is 56.5 Å². The molecular formula is C41H52N8O6. The Kier molecular flexibility index (Phi) is 13.8. The van der Waals surface area contributed by atoms with E-state index >= 15 is 0 Å². The van der Waals surface area contributed by atoms with E-state index in [1.165, 1.54) is 12.1 Å². The lowest BCUT2D eigenvalue weighted by molar-refractivity contribution is -0.142. The molecule has 2 atom stereocenters. The molecule has 1 aliphatic carbocycles. The van der Waals surface area contributed by atoms with Gasteiger partial charge < -0.3 is 37.6 Å². The molecule has 9 N–H and O–H groups in total. The molecule has 0 aliphatic heterocycles. The average molecular weight is 753 g/mol. The van der Waals surface area contributed by atoms with Crippen molar-refractivity contribution in [1.29, 1.82) is 0 Å². The van der Waals surface area contributed by atoms with Crippen LogP contribution in [0.1, 0.15) is 82.5 Å². The summed E-state index contributed by atoms with van der Waals surface area (Å²) in [5.41, 5.74) is 14.3. The molecule has 0 saturated heterocycles. The zero-order valence-corrected chi connectivity index (χ0v) is 31.3. The van der Waals surface area contributed by atoms with Crippen LogP contribution in [0, 0.1) is 5.41 Å². The van der Waals surface area contributed by atoms with E-state index in [1.54, 1.807) is 12.1 Å². The van der Waals surface area contributed by atoms with Crippen LogP contribution in [0.15, 0.2) is 77.8 Å². The van der Waals surface area contributed by atoms with Crippen molar-refractivity contribution in [1.82, 2.24) is 20.2 Å². The number of unbranched alkanes of at least 4 members (excludes halogenated alkanes) is 1. The Morgan fingerprint density at radius 3 is 2.29 bits per heavy atom. The van der Waals surface area contributed by atoms with Crippen molar-refractivity contribution in [3.63, 3.8) is 0 Å².